The van der Waals surface area contributed by atoms with Gasteiger partial charge in [-0.1, -0.05) is 25.8 Å². The standard InChI is InChI=1S/C19H19F3N4O/c1-2-3-4-10-26-16(27)9-8-13-12-23-18(25-17(13)26)24-15-7-5-6-14(11-15)19(20,21)22/h5-9,11-12H,2-4,10H2,1H3,(H,23,24,25). The maximum absolute atomic E-state index is 12.9. The Labute approximate surface area is 153 Å². The lowest BCUT2D eigenvalue weighted by Gasteiger charge is -2.12. The van der Waals surface area contributed by atoms with Gasteiger partial charge < -0.3 is 5.32 Å². The third kappa shape index (κ3) is 4.45. The van der Waals surface area contributed by atoms with Crippen molar-refractivity contribution in [3.63, 3.8) is 0 Å². The zero-order valence-electron chi connectivity index (χ0n) is 14.8. The van der Waals surface area contributed by atoms with Crippen LogP contribution in [0.25, 0.3) is 11.0 Å². The van der Waals surface area contributed by atoms with Crippen LogP contribution >= 0.6 is 0 Å². The maximum atomic E-state index is 12.9. The van der Waals surface area contributed by atoms with Gasteiger partial charge in [-0.3, -0.25) is 9.36 Å². The predicted molar refractivity (Wildman–Crippen MR) is 98.0 cm³/mol. The summed E-state index contributed by atoms with van der Waals surface area (Å²) in [4.78, 5) is 20.7. The Morgan fingerprint density at radius 3 is 2.70 bits per heavy atom. The third-order valence-electron chi connectivity index (χ3n) is 4.15. The lowest BCUT2D eigenvalue weighted by molar-refractivity contribution is -0.137. The van der Waals surface area contributed by atoms with Crippen molar-refractivity contribution >= 4 is 22.7 Å². The number of benzene rings is 1. The number of rotatable bonds is 6. The Hall–Kier alpha value is -2.90. The van der Waals surface area contributed by atoms with Crippen LogP contribution < -0.4 is 10.9 Å². The van der Waals surface area contributed by atoms with Gasteiger partial charge in [0.15, 0.2) is 0 Å². The molecular weight excluding hydrogens is 357 g/mol. The molecule has 2 aromatic heterocycles. The predicted octanol–water partition coefficient (Wildman–Crippen LogP) is 4.74. The summed E-state index contributed by atoms with van der Waals surface area (Å²) in [5, 5.41) is 3.48. The molecule has 3 rings (SSSR count). The van der Waals surface area contributed by atoms with Crippen LogP contribution in [0.3, 0.4) is 0 Å². The molecule has 0 amide bonds. The number of hydrogen-bond acceptors (Lipinski definition) is 4. The Bertz CT molecular complexity index is 998. The second kappa shape index (κ2) is 7.77. The fraction of sp³-hybridized carbons (Fsp3) is 0.316. The first-order chi connectivity index (χ1) is 12.9. The number of anilines is 2. The molecule has 0 spiro atoms. The van der Waals surface area contributed by atoms with E-state index >= 15 is 0 Å². The second-order valence-corrected chi connectivity index (χ2v) is 6.21. The number of fused-ring (bicyclic) bond motifs is 1. The van der Waals surface area contributed by atoms with E-state index in [0.717, 1.165) is 31.4 Å². The van der Waals surface area contributed by atoms with E-state index in [1.165, 1.54) is 18.2 Å². The summed E-state index contributed by atoms with van der Waals surface area (Å²) in [6, 6.07) is 7.92. The van der Waals surface area contributed by atoms with E-state index in [0.29, 0.717) is 17.6 Å². The van der Waals surface area contributed by atoms with E-state index in [9.17, 15) is 18.0 Å². The van der Waals surface area contributed by atoms with Gasteiger partial charge in [-0.15, -0.1) is 0 Å². The van der Waals surface area contributed by atoms with Gasteiger partial charge in [-0.2, -0.15) is 18.2 Å². The molecule has 0 saturated heterocycles. The fourth-order valence-electron chi connectivity index (χ4n) is 2.77. The number of halogens is 3. The topological polar surface area (TPSA) is 59.8 Å². The van der Waals surface area contributed by atoms with Crippen molar-refractivity contribution in [2.45, 2.75) is 38.9 Å². The van der Waals surface area contributed by atoms with Crippen molar-refractivity contribution in [1.29, 1.82) is 0 Å². The van der Waals surface area contributed by atoms with Gasteiger partial charge in [0.05, 0.1) is 5.56 Å². The maximum Gasteiger partial charge on any atom is 0.416 e. The molecule has 3 aromatic rings. The summed E-state index contributed by atoms with van der Waals surface area (Å²) in [5.41, 5.74) is -0.241. The third-order valence-corrected chi connectivity index (χ3v) is 4.15. The van der Waals surface area contributed by atoms with E-state index < -0.39 is 11.7 Å². The number of aromatic nitrogens is 3. The van der Waals surface area contributed by atoms with Crippen molar-refractivity contribution in [3.05, 3.63) is 58.5 Å². The number of hydrogen-bond donors (Lipinski definition) is 1. The van der Waals surface area contributed by atoms with Gasteiger partial charge in [-0.25, -0.2) is 4.98 Å². The van der Waals surface area contributed by atoms with Gasteiger partial charge in [0.2, 0.25) is 5.95 Å². The number of nitrogens with one attached hydrogen (secondary N) is 1. The van der Waals surface area contributed by atoms with Crippen molar-refractivity contribution < 1.29 is 13.2 Å². The van der Waals surface area contributed by atoms with Crippen molar-refractivity contribution in [2.75, 3.05) is 5.32 Å². The van der Waals surface area contributed by atoms with Crippen LogP contribution in [0.15, 0.2) is 47.4 Å². The summed E-state index contributed by atoms with van der Waals surface area (Å²) < 4.78 is 40.2. The van der Waals surface area contributed by atoms with E-state index in [4.69, 9.17) is 0 Å². The number of pyridine rings is 1. The number of alkyl halides is 3. The lowest BCUT2D eigenvalue weighted by atomic mass is 10.2. The Balaban J connectivity index is 1.94. The summed E-state index contributed by atoms with van der Waals surface area (Å²) in [7, 11) is 0. The molecule has 0 aliphatic carbocycles. The largest absolute Gasteiger partial charge is 0.416 e. The van der Waals surface area contributed by atoms with E-state index in [2.05, 4.69) is 22.2 Å². The summed E-state index contributed by atoms with van der Waals surface area (Å²) >= 11 is 0. The zero-order chi connectivity index (χ0) is 19.4. The highest BCUT2D eigenvalue weighted by molar-refractivity contribution is 5.75. The molecule has 0 saturated carbocycles. The van der Waals surface area contributed by atoms with Crippen LogP contribution in [0.5, 0.6) is 0 Å². The summed E-state index contributed by atoms with van der Waals surface area (Å²) in [6.45, 7) is 2.61. The molecular formula is C19H19F3N4O. The van der Waals surface area contributed by atoms with Crippen LogP contribution in [0, 0.1) is 0 Å². The SMILES string of the molecule is CCCCCn1c(=O)ccc2cnc(Nc3cccc(C(F)(F)F)c3)nc21. The molecule has 0 aliphatic heterocycles. The average molecular weight is 376 g/mol. The molecule has 0 atom stereocenters. The average Bonchev–Trinajstić information content (AvgIpc) is 2.63. The van der Waals surface area contributed by atoms with Gasteiger partial charge in [0, 0.05) is 29.9 Å². The van der Waals surface area contributed by atoms with E-state index in [1.807, 2.05) is 0 Å². The van der Waals surface area contributed by atoms with Crippen LogP contribution in [0.2, 0.25) is 0 Å². The minimum Gasteiger partial charge on any atom is -0.324 e. The molecule has 1 aromatic carbocycles. The van der Waals surface area contributed by atoms with Crippen LogP contribution in [-0.2, 0) is 12.7 Å². The van der Waals surface area contributed by atoms with Gasteiger partial charge in [0.25, 0.3) is 5.56 Å². The normalized spacial score (nSPS) is 11.7. The molecule has 8 heteroatoms. The van der Waals surface area contributed by atoms with Gasteiger partial charge >= 0.3 is 6.18 Å². The molecule has 0 fully saturated rings. The van der Waals surface area contributed by atoms with E-state index in [-0.39, 0.29) is 17.2 Å². The van der Waals surface area contributed by atoms with Crippen LogP contribution in [0.1, 0.15) is 31.7 Å². The smallest absolute Gasteiger partial charge is 0.324 e. The van der Waals surface area contributed by atoms with E-state index in [1.54, 1.807) is 16.8 Å². The molecule has 0 unspecified atom stereocenters. The highest BCUT2D eigenvalue weighted by atomic mass is 19.4. The second-order valence-electron chi connectivity index (χ2n) is 6.21. The minimum atomic E-state index is -4.43. The molecule has 142 valence electrons. The molecule has 27 heavy (non-hydrogen) atoms. The van der Waals surface area contributed by atoms with Crippen molar-refractivity contribution in [3.8, 4) is 0 Å². The first-order valence-electron chi connectivity index (χ1n) is 8.69. The van der Waals surface area contributed by atoms with Crippen molar-refractivity contribution in [2.24, 2.45) is 0 Å². The van der Waals surface area contributed by atoms with Crippen LogP contribution in [0.4, 0.5) is 24.8 Å². The zero-order valence-corrected chi connectivity index (χ0v) is 14.8. The van der Waals surface area contributed by atoms with Crippen molar-refractivity contribution in [1.82, 2.24) is 14.5 Å². The monoisotopic (exact) mass is 376 g/mol. The molecule has 2 heterocycles. The molecule has 0 radical (unpaired) electrons. The first-order valence-corrected chi connectivity index (χ1v) is 8.69. The Kier molecular flexibility index (Phi) is 5.43. The lowest BCUT2D eigenvalue weighted by Crippen LogP contribution is -2.20. The Morgan fingerprint density at radius 1 is 1.15 bits per heavy atom. The Morgan fingerprint density at radius 2 is 1.96 bits per heavy atom. The van der Waals surface area contributed by atoms with Crippen LogP contribution in [-0.4, -0.2) is 14.5 Å². The number of nitrogens with zero attached hydrogens (tertiary/aromatic N) is 3. The van der Waals surface area contributed by atoms with Gasteiger partial charge in [0.1, 0.15) is 5.65 Å². The molecule has 5 nitrogen and oxygen atoms in total. The van der Waals surface area contributed by atoms with Gasteiger partial charge in [-0.05, 0) is 30.7 Å². The highest BCUT2D eigenvalue weighted by Gasteiger charge is 2.30. The highest BCUT2D eigenvalue weighted by Crippen LogP contribution is 2.31. The summed E-state index contributed by atoms with van der Waals surface area (Å²) in [5.74, 6) is 0.136. The molecule has 0 aliphatic rings. The minimum absolute atomic E-state index is 0.136. The molecule has 1 N–H and O–H groups in total. The number of aryl methyl sites for hydroxylation is 1. The fourth-order valence-corrected chi connectivity index (χ4v) is 2.77. The summed E-state index contributed by atoms with van der Waals surface area (Å²) in [6.07, 6.45) is -0.0221. The quantitative estimate of drug-likeness (QED) is 0.631. The number of unbranched alkanes of at least 4 members (excludes halogenated alkanes) is 2. The molecule has 0 bridgehead atoms. The first kappa shape index (κ1) is 18.9.